The molecular formula is C22H32O6. The normalized spacial score (nSPS) is 47.2. The number of hydrogen-bond donors (Lipinski definition) is 0. The molecule has 2 saturated heterocycles. The third-order valence-electron chi connectivity index (χ3n) is 8.48. The quantitative estimate of drug-likeness (QED) is 0.637. The minimum absolute atomic E-state index is 0.00563. The molecule has 2 aliphatic carbocycles. The summed E-state index contributed by atoms with van der Waals surface area (Å²) in [6.45, 7) is 9.97. The van der Waals surface area contributed by atoms with Crippen molar-refractivity contribution in [2.24, 2.45) is 16.7 Å². The van der Waals surface area contributed by atoms with E-state index in [-0.39, 0.29) is 41.5 Å². The summed E-state index contributed by atoms with van der Waals surface area (Å²) in [5, 5.41) is 0. The summed E-state index contributed by atoms with van der Waals surface area (Å²) in [6, 6.07) is 0. The molecular weight excluding hydrogens is 360 g/mol. The molecule has 2 spiro atoms. The summed E-state index contributed by atoms with van der Waals surface area (Å²) in [5.74, 6) is -0.671. The highest BCUT2D eigenvalue weighted by atomic mass is 16.6. The van der Waals surface area contributed by atoms with Gasteiger partial charge in [-0.3, -0.25) is 14.4 Å². The average Bonchev–Trinajstić information content (AvgIpc) is 3.13. The van der Waals surface area contributed by atoms with E-state index in [2.05, 4.69) is 20.8 Å². The molecule has 5 atom stereocenters. The maximum absolute atomic E-state index is 13.5. The molecule has 2 aliphatic heterocycles. The largest absolute Gasteiger partial charge is 0.463 e. The van der Waals surface area contributed by atoms with E-state index >= 15 is 0 Å². The van der Waals surface area contributed by atoms with Crippen molar-refractivity contribution in [3.05, 3.63) is 0 Å². The highest BCUT2D eigenvalue weighted by Gasteiger charge is 2.76. The second-order valence-corrected chi connectivity index (χ2v) is 10.5. The van der Waals surface area contributed by atoms with Gasteiger partial charge >= 0.3 is 11.9 Å². The fourth-order valence-corrected chi connectivity index (χ4v) is 7.10. The fraction of sp³-hybridized carbons (Fsp3) is 0.864. The molecule has 4 rings (SSSR count). The van der Waals surface area contributed by atoms with Crippen LogP contribution in [0, 0.1) is 16.7 Å². The lowest BCUT2D eigenvalue weighted by Crippen LogP contribution is -2.74. The van der Waals surface area contributed by atoms with Gasteiger partial charge < -0.3 is 14.2 Å². The molecule has 2 heterocycles. The standard InChI is InChI=1S/C22H32O6/c1-14(23)27-20(5)16(24)11-15-18(2,3)7-6-8-19(15,4)22(20)10-9-21(28-22)12-17(25)26-13-21/h15H,6-13H2,1-5H3/t15-,19-,20-,21+,22-/m0/s1. The van der Waals surface area contributed by atoms with Crippen LogP contribution in [-0.4, -0.2) is 41.1 Å². The molecule has 6 heteroatoms. The maximum Gasteiger partial charge on any atom is 0.308 e. The van der Waals surface area contributed by atoms with Crippen LogP contribution in [0.4, 0.5) is 0 Å². The summed E-state index contributed by atoms with van der Waals surface area (Å²) < 4.78 is 17.9. The van der Waals surface area contributed by atoms with E-state index in [9.17, 15) is 14.4 Å². The molecule has 0 amide bonds. The Hall–Kier alpha value is -1.43. The Morgan fingerprint density at radius 2 is 1.79 bits per heavy atom. The molecule has 0 bridgehead atoms. The first-order chi connectivity index (χ1) is 12.9. The summed E-state index contributed by atoms with van der Waals surface area (Å²) in [5.41, 5.74) is -3.36. The van der Waals surface area contributed by atoms with Gasteiger partial charge in [-0.25, -0.2) is 0 Å². The molecule has 6 nitrogen and oxygen atoms in total. The Bertz CT molecular complexity index is 743. The Kier molecular flexibility index (Phi) is 4.12. The number of hydrogen-bond acceptors (Lipinski definition) is 6. The van der Waals surface area contributed by atoms with E-state index in [4.69, 9.17) is 14.2 Å². The van der Waals surface area contributed by atoms with Crippen molar-refractivity contribution in [2.75, 3.05) is 6.61 Å². The van der Waals surface area contributed by atoms with Crippen LogP contribution >= 0.6 is 0 Å². The van der Waals surface area contributed by atoms with Gasteiger partial charge in [0.2, 0.25) is 0 Å². The maximum atomic E-state index is 13.5. The molecule has 0 N–H and O–H groups in total. The summed E-state index contributed by atoms with van der Waals surface area (Å²) in [4.78, 5) is 37.5. The number of Topliss-reactive ketones (excluding diaryl/α,β-unsaturated/α-hetero) is 1. The van der Waals surface area contributed by atoms with Gasteiger partial charge in [0.15, 0.2) is 11.4 Å². The Morgan fingerprint density at radius 1 is 1.07 bits per heavy atom. The van der Waals surface area contributed by atoms with Crippen LogP contribution < -0.4 is 0 Å². The van der Waals surface area contributed by atoms with E-state index < -0.39 is 22.8 Å². The van der Waals surface area contributed by atoms with Crippen molar-refractivity contribution in [1.29, 1.82) is 0 Å². The monoisotopic (exact) mass is 392 g/mol. The van der Waals surface area contributed by atoms with Crippen LogP contribution in [0.2, 0.25) is 0 Å². The number of cyclic esters (lactones) is 1. The van der Waals surface area contributed by atoms with Crippen LogP contribution in [-0.2, 0) is 28.6 Å². The topological polar surface area (TPSA) is 78.9 Å². The Labute approximate surface area is 166 Å². The lowest BCUT2D eigenvalue weighted by molar-refractivity contribution is -0.286. The van der Waals surface area contributed by atoms with Crippen LogP contribution in [0.15, 0.2) is 0 Å². The van der Waals surface area contributed by atoms with Crippen molar-refractivity contribution in [3.63, 3.8) is 0 Å². The highest BCUT2D eigenvalue weighted by Crippen LogP contribution is 2.69. The summed E-state index contributed by atoms with van der Waals surface area (Å²) in [7, 11) is 0. The first kappa shape index (κ1) is 19.9. The van der Waals surface area contributed by atoms with Gasteiger partial charge in [0.1, 0.15) is 17.8 Å². The van der Waals surface area contributed by atoms with Crippen molar-refractivity contribution < 1.29 is 28.6 Å². The van der Waals surface area contributed by atoms with Gasteiger partial charge in [0.25, 0.3) is 0 Å². The molecule has 0 unspecified atom stereocenters. The first-order valence-electron chi connectivity index (χ1n) is 10.5. The van der Waals surface area contributed by atoms with Crippen molar-refractivity contribution in [2.45, 2.75) is 96.4 Å². The summed E-state index contributed by atoms with van der Waals surface area (Å²) >= 11 is 0. The van der Waals surface area contributed by atoms with Gasteiger partial charge in [-0.1, -0.05) is 27.2 Å². The van der Waals surface area contributed by atoms with E-state index in [1.165, 1.54) is 6.92 Å². The van der Waals surface area contributed by atoms with Gasteiger partial charge in [-0.2, -0.15) is 0 Å². The number of carbonyl (C=O) groups is 3. The molecule has 28 heavy (non-hydrogen) atoms. The van der Waals surface area contributed by atoms with E-state index in [0.717, 1.165) is 19.3 Å². The lowest BCUT2D eigenvalue weighted by atomic mass is 9.43. The molecule has 4 fully saturated rings. The molecule has 0 aromatic heterocycles. The zero-order valence-electron chi connectivity index (χ0n) is 17.7. The molecule has 0 radical (unpaired) electrons. The number of carbonyl (C=O) groups excluding carboxylic acids is 3. The minimum Gasteiger partial charge on any atom is -0.463 e. The molecule has 2 saturated carbocycles. The zero-order valence-corrected chi connectivity index (χ0v) is 17.7. The van der Waals surface area contributed by atoms with Gasteiger partial charge in [-0.05, 0) is 43.9 Å². The first-order valence-corrected chi connectivity index (χ1v) is 10.5. The second-order valence-electron chi connectivity index (χ2n) is 10.5. The number of ether oxygens (including phenoxy) is 3. The smallest absolute Gasteiger partial charge is 0.308 e. The fourth-order valence-electron chi connectivity index (χ4n) is 7.10. The third-order valence-corrected chi connectivity index (χ3v) is 8.48. The van der Waals surface area contributed by atoms with E-state index in [1.54, 1.807) is 6.92 Å². The van der Waals surface area contributed by atoms with Crippen LogP contribution in [0.5, 0.6) is 0 Å². The Morgan fingerprint density at radius 3 is 2.39 bits per heavy atom. The number of rotatable bonds is 1. The number of esters is 2. The van der Waals surface area contributed by atoms with Crippen molar-refractivity contribution >= 4 is 17.7 Å². The predicted molar refractivity (Wildman–Crippen MR) is 100 cm³/mol. The van der Waals surface area contributed by atoms with Crippen LogP contribution in [0.1, 0.15) is 79.6 Å². The van der Waals surface area contributed by atoms with E-state index in [1.807, 2.05) is 0 Å². The average molecular weight is 392 g/mol. The molecule has 0 aromatic rings. The van der Waals surface area contributed by atoms with Crippen molar-refractivity contribution in [3.8, 4) is 0 Å². The van der Waals surface area contributed by atoms with Crippen LogP contribution in [0.25, 0.3) is 0 Å². The Balaban J connectivity index is 1.87. The zero-order chi connectivity index (χ0) is 20.6. The number of fused-ring (bicyclic) bond motifs is 2. The van der Waals surface area contributed by atoms with Gasteiger partial charge in [0.05, 0.1) is 6.42 Å². The van der Waals surface area contributed by atoms with Gasteiger partial charge in [0, 0.05) is 18.8 Å². The SMILES string of the molecule is CC(=O)O[C@@]1(C)C(=O)C[C@H]2C(C)(C)CCC[C@]2(C)[C@@]12CC[C@@]1(COC(=O)C1)O2. The third kappa shape index (κ3) is 2.39. The minimum atomic E-state index is -1.35. The summed E-state index contributed by atoms with van der Waals surface area (Å²) in [6.07, 6.45) is 4.82. The number of ketones is 1. The van der Waals surface area contributed by atoms with Crippen LogP contribution in [0.3, 0.4) is 0 Å². The molecule has 0 aromatic carbocycles. The molecule has 4 aliphatic rings. The highest BCUT2D eigenvalue weighted by molar-refractivity contribution is 5.92. The predicted octanol–water partition coefficient (Wildman–Crippen LogP) is 3.35. The second kappa shape index (κ2) is 5.80. The van der Waals surface area contributed by atoms with E-state index in [0.29, 0.717) is 19.3 Å². The van der Waals surface area contributed by atoms with Crippen molar-refractivity contribution in [1.82, 2.24) is 0 Å². The van der Waals surface area contributed by atoms with Gasteiger partial charge in [-0.15, -0.1) is 0 Å². The lowest BCUT2D eigenvalue weighted by Gasteiger charge is -2.65. The molecule has 156 valence electrons.